The molecule has 0 spiro atoms. The van der Waals surface area contributed by atoms with Gasteiger partial charge in [0, 0.05) is 25.1 Å². The molecule has 5 nitrogen and oxygen atoms in total. The van der Waals surface area contributed by atoms with Gasteiger partial charge in [0.2, 0.25) is 0 Å². The lowest BCUT2D eigenvalue weighted by molar-refractivity contribution is -0.136. The molecular formula is C24H35NO4. The molecule has 0 heterocycles. The largest absolute Gasteiger partial charge is 0.490 e. The molecule has 0 aromatic heterocycles. The Bertz CT molecular complexity index is 731. The minimum Gasteiger partial charge on any atom is -0.490 e. The van der Waals surface area contributed by atoms with Crippen LogP contribution in [0.1, 0.15) is 65.9 Å². The van der Waals surface area contributed by atoms with Crippen LogP contribution < -0.4 is 9.47 Å². The molecule has 2 rings (SSSR count). The Hall–Kier alpha value is -2.17. The smallest absolute Gasteiger partial charge is 0.161 e. The van der Waals surface area contributed by atoms with Crippen LogP contribution >= 0.6 is 0 Å². The Morgan fingerprint density at radius 1 is 1.03 bits per heavy atom. The fourth-order valence-corrected chi connectivity index (χ4v) is 3.91. The second-order valence-corrected chi connectivity index (χ2v) is 8.40. The van der Waals surface area contributed by atoms with Gasteiger partial charge < -0.3 is 9.47 Å². The number of ketones is 2. The highest BCUT2D eigenvalue weighted by Crippen LogP contribution is 2.35. The fraction of sp³-hybridized carbons (Fsp3) is 0.625. The van der Waals surface area contributed by atoms with Crippen LogP contribution in [-0.2, 0) is 16.0 Å². The van der Waals surface area contributed by atoms with Crippen molar-refractivity contribution in [2.24, 2.45) is 16.3 Å². The van der Waals surface area contributed by atoms with Crippen molar-refractivity contribution in [2.75, 3.05) is 19.8 Å². The number of carbonyl (C=O) groups is 2. The topological polar surface area (TPSA) is 65.0 Å². The summed E-state index contributed by atoms with van der Waals surface area (Å²) in [5.74, 6) is 0.900. The summed E-state index contributed by atoms with van der Waals surface area (Å²) < 4.78 is 11.3. The lowest BCUT2D eigenvalue weighted by Crippen LogP contribution is -2.42. The van der Waals surface area contributed by atoms with Crippen LogP contribution in [0.3, 0.4) is 0 Å². The summed E-state index contributed by atoms with van der Waals surface area (Å²) in [4.78, 5) is 30.0. The zero-order chi connectivity index (χ0) is 21.4. The van der Waals surface area contributed by atoms with Crippen LogP contribution in [-0.4, -0.2) is 37.0 Å². The Morgan fingerprint density at radius 2 is 1.66 bits per heavy atom. The first-order valence-corrected chi connectivity index (χ1v) is 10.8. The molecule has 0 unspecified atom stereocenters. The maximum absolute atomic E-state index is 12.7. The van der Waals surface area contributed by atoms with Crippen molar-refractivity contribution < 1.29 is 19.1 Å². The number of hydrogen-bond donors (Lipinski definition) is 0. The van der Waals surface area contributed by atoms with E-state index in [1.165, 1.54) is 0 Å². The van der Waals surface area contributed by atoms with Gasteiger partial charge in [-0.1, -0.05) is 33.3 Å². The molecule has 1 fully saturated rings. The van der Waals surface area contributed by atoms with E-state index in [9.17, 15) is 9.59 Å². The minimum atomic E-state index is -0.637. The van der Waals surface area contributed by atoms with Gasteiger partial charge in [0.1, 0.15) is 17.5 Å². The molecule has 1 aliphatic rings. The molecule has 0 N–H and O–H groups in total. The van der Waals surface area contributed by atoms with Crippen molar-refractivity contribution in [2.45, 2.75) is 66.7 Å². The van der Waals surface area contributed by atoms with Gasteiger partial charge in [-0.25, -0.2) is 0 Å². The third-order valence-corrected chi connectivity index (χ3v) is 5.11. The van der Waals surface area contributed by atoms with E-state index in [2.05, 4.69) is 6.92 Å². The number of ether oxygens (including phenoxy) is 2. The molecule has 0 bridgehead atoms. The van der Waals surface area contributed by atoms with Gasteiger partial charge in [-0.15, -0.1) is 0 Å². The van der Waals surface area contributed by atoms with Crippen molar-refractivity contribution in [3.8, 4) is 11.5 Å². The highest BCUT2D eigenvalue weighted by Gasteiger charge is 2.41. The molecule has 5 heteroatoms. The average Bonchev–Trinajstić information content (AvgIpc) is 2.62. The number of benzene rings is 1. The van der Waals surface area contributed by atoms with E-state index in [-0.39, 0.29) is 17.0 Å². The summed E-state index contributed by atoms with van der Waals surface area (Å²) in [5, 5.41) is 0. The molecule has 0 saturated heterocycles. The van der Waals surface area contributed by atoms with Gasteiger partial charge in [-0.2, -0.15) is 0 Å². The highest BCUT2D eigenvalue weighted by molar-refractivity contribution is 6.22. The van der Waals surface area contributed by atoms with Crippen molar-refractivity contribution in [3.63, 3.8) is 0 Å². The van der Waals surface area contributed by atoms with E-state index in [4.69, 9.17) is 14.5 Å². The summed E-state index contributed by atoms with van der Waals surface area (Å²) in [6.45, 7) is 11.6. The van der Waals surface area contributed by atoms with Crippen LogP contribution in [0.2, 0.25) is 0 Å². The normalized spacial score (nSPS) is 17.5. The monoisotopic (exact) mass is 401 g/mol. The lowest BCUT2D eigenvalue weighted by Gasteiger charge is -2.32. The standard InChI is InChI=1S/C24H35NO4/c1-6-9-18(23-19(26)15-24(4,5)16-20(23)27)25-13-12-17-10-11-21(28-7-2)22(14-17)29-8-3/h10-11,14,23H,6-9,12-13,15-16H2,1-5H3. The summed E-state index contributed by atoms with van der Waals surface area (Å²) in [6.07, 6.45) is 3.18. The van der Waals surface area contributed by atoms with E-state index in [0.717, 1.165) is 35.6 Å². The van der Waals surface area contributed by atoms with Crippen LogP contribution in [0, 0.1) is 11.3 Å². The molecule has 0 radical (unpaired) electrons. The summed E-state index contributed by atoms with van der Waals surface area (Å²) in [5.41, 5.74) is 1.62. The molecular weight excluding hydrogens is 366 g/mol. The minimum absolute atomic E-state index is 0.0261. The van der Waals surface area contributed by atoms with Gasteiger partial charge in [-0.3, -0.25) is 14.6 Å². The van der Waals surface area contributed by atoms with Crippen LogP contribution in [0.5, 0.6) is 11.5 Å². The lowest BCUT2D eigenvalue weighted by atomic mass is 9.70. The molecule has 1 aliphatic carbocycles. The second-order valence-electron chi connectivity index (χ2n) is 8.40. The second kappa shape index (κ2) is 10.6. The van der Waals surface area contributed by atoms with E-state index >= 15 is 0 Å². The number of rotatable bonds is 10. The third kappa shape index (κ3) is 6.41. The van der Waals surface area contributed by atoms with Gasteiger partial charge in [0.05, 0.1) is 13.2 Å². The van der Waals surface area contributed by atoms with E-state index in [1.54, 1.807) is 0 Å². The molecule has 0 amide bonds. The van der Waals surface area contributed by atoms with Gasteiger partial charge in [-0.05, 0) is 49.8 Å². The third-order valence-electron chi connectivity index (χ3n) is 5.11. The van der Waals surface area contributed by atoms with Crippen LogP contribution in [0.15, 0.2) is 23.2 Å². The number of hydrogen-bond acceptors (Lipinski definition) is 5. The Labute approximate surface area is 174 Å². The van der Waals surface area contributed by atoms with E-state index in [0.29, 0.717) is 39.0 Å². The summed E-state index contributed by atoms with van der Waals surface area (Å²) in [6, 6.07) is 5.93. The van der Waals surface area contributed by atoms with Crippen molar-refractivity contribution >= 4 is 17.3 Å². The van der Waals surface area contributed by atoms with Gasteiger partial charge in [0.25, 0.3) is 0 Å². The van der Waals surface area contributed by atoms with Crippen LogP contribution in [0.4, 0.5) is 0 Å². The zero-order valence-corrected chi connectivity index (χ0v) is 18.5. The number of Topliss-reactive ketones (excluding diaryl/α,β-unsaturated/α-hetero) is 2. The SMILES string of the molecule is CCCC(=NCCc1ccc(OCC)c(OCC)c1)C1C(=O)CC(C)(C)CC1=O. The maximum atomic E-state index is 12.7. The number of aliphatic imine (C=N–C) groups is 1. The predicted molar refractivity (Wildman–Crippen MR) is 116 cm³/mol. The Morgan fingerprint density at radius 3 is 2.24 bits per heavy atom. The molecule has 0 atom stereocenters. The molecule has 1 aromatic carbocycles. The Kier molecular flexibility index (Phi) is 8.42. The van der Waals surface area contributed by atoms with Crippen molar-refractivity contribution in [1.82, 2.24) is 0 Å². The zero-order valence-electron chi connectivity index (χ0n) is 18.5. The number of carbonyl (C=O) groups excluding carboxylic acids is 2. The molecule has 1 saturated carbocycles. The fourth-order valence-electron chi connectivity index (χ4n) is 3.91. The van der Waals surface area contributed by atoms with Crippen molar-refractivity contribution in [3.05, 3.63) is 23.8 Å². The van der Waals surface area contributed by atoms with Gasteiger partial charge in [0.15, 0.2) is 11.5 Å². The highest BCUT2D eigenvalue weighted by atomic mass is 16.5. The van der Waals surface area contributed by atoms with E-state index < -0.39 is 5.92 Å². The number of nitrogens with zero attached hydrogens (tertiary/aromatic N) is 1. The first kappa shape index (κ1) is 23.1. The van der Waals surface area contributed by atoms with Crippen molar-refractivity contribution in [1.29, 1.82) is 0 Å². The quantitative estimate of drug-likeness (QED) is 0.416. The summed E-state index contributed by atoms with van der Waals surface area (Å²) >= 11 is 0. The summed E-state index contributed by atoms with van der Waals surface area (Å²) in [7, 11) is 0. The molecule has 1 aromatic rings. The molecule has 29 heavy (non-hydrogen) atoms. The molecule has 0 aliphatic heterocycles. The Balaban J connectivity index is 2.12. The average molecular weight is 402 g/mol. The first-order valence-electron chi connectivity index (χ1n) is 10.8. The van der Waals surface area contributed by atoms with Crippen LogP contribution in [0.25, 0.3) is 0 Å². The first-order chi connectivity index (χ1) is 13.8. The maximum Gasteiger partial charge on any atom is 0.161 e. The predicted octanol–water partition coefficient (Wildman–Crippen LogP) is 4.84. The van der Waals surface area contributed by atoms with Gasteiger partial charge >= 0.3 is 0 Å². The van der Waals surface area contributed by atoms with E-state index in [1.807, 2.05) is 45.9 Å². The molecule has 160 valence electrons.